The Kier molecular flexibility index (Phi) is 5.71. The molecule has 1 heterocycles. The highest BCUT2D eigenvalue weighted by atomic mass is 32.1. The van der Waals surface area contributed by atoms with Crippen molar-refractivity contribution in [3.63, 3.8) is 0 Å². The SMILES string of the molecule is CCC(=O)Nc1nc2c(C)cc(NC(=O)Nc3ccccc3CC)cc2s1. The molecular formula is C20H22N4O2S. The van der Waals surface area contributed by atoms with Crippen LogP contribution in [0.1, 0.15) is 31.4 Å². The molecule has 3 rings (SSSR count). The number of benzene rings is 2. The highest BCUT2D eigenvalue weighted by Gasteiger charge is 2.12. The summed E-state index contributed by atoms with van der Waals surface area (Å²) in [6, 6.07) is 11.2. The van der Waals surface area contributed by atoms with E-state index in [4.69, 9.17) is 0 Å². The van der Waals surface area contributed by atoms with Gasteiger partial charge in [-0.15, -0.1) is 0 Å². The molecular weight excluding hydrogens is 360 g/mol. The van der Waals surface area contributed by atoms with E-state index in [0.717, 1.165) is 33.5 Å². The summed E-state index contributed by atoms with van der Waals surface area (Å²) in [5.41, 5.74) is 4.33. The number of aromatic nitrogens is 1. The molecule has 7 heteroatoms. The molecule has 2 aromatic carbocycles. The Labute approximate surface area is 162 Å². The molecule has 3 aromatic rings. The molecule has 0 aliphatic heterocycles. The average molecular weight is 382 g/mol. The van der Waals surface area contributed by atoms with Crippen LogP contribution >= 0.6 is 11.3 Å². The Morgan fingerprint density at radius 3 is 2.59 bits per heavy atom. The number of para-hydroxylation sites is 1. The van der Waals surface area contributed by atoms with Gasteiger partial charge in [0.1, 0.15) is 0 Å². The summed E-state index contributed by atoms with van der Waals surface area (Å²) in [5, 5.41) is 9.13. The number of hydrogen-bond acceptors (Lipinski definition) is 4. The van der Waals surface area contributed by atoms with Crippen molar-refractivity contribution < 1.29 is 9.59 Å². The third-order valence-corrected chi connectivity index (χ3v) is 5.08. The highest BCUT2D eigenvalue weighted by Crippen LogP contribution is 2.31. The number of fused-ring (bicyclic) bond motifs is 1. The minimum Gasteiger partial charge on any atom is -0.308 e. The maximum absolute atomic E-state index is 12.4. The lowest BCUT2D eigenvalue weighted by Gasteiger charge is -2.11. The number of anilines is 3. The van der Waals surface area contributed by atoms with E-state index in [2.05, 4.69) is 27.9 Å². The van der Waals surface area contributed by atoms with Crippen LogP contribution in [0.2, 0.25) is 0 Å². The molecule has 1 aromatic heterocycles. The minimum atomic E-state index is -0.293. The number of rotatable bonds is 5. The predicted octanol–water partition coefficient (Wildman–Crippen LogP) is 5.16. The Balaban J connectivity index is 1.78. The van der Waals surface area contributed by atoms with Crippen LogP contribution in [0.25, 0.3) is 10.2 Å². The first kappa shape index (κ1) is 18.8. The summed E-state index contributed by atoms with van der Waals surface area (Å²) >= 11 is 1.39. The molecule has 6 nitrogen and oxygen atoms in total. The summed E-state index contributed by atoms with van der Waals surface area (Å²) in [5.74, 6) is -0.0703. The fourth-order valence-electron chi connectivity index (χ4n) is 2.77. The zero-order valence-electron chi connectivity index (χ0n) is 15.6. The summed E-state index contributed by atoms with van der Waals surface area (Å²) in [4.78, 5) is 28.4. The highest BCUT2D eigenvalue weighted by molar-refractivity contribution is 7.22. The van der Waals surface area contributed by atoms with Gasteiger partial charge in [0.15, 0.2) is 5.13 Å². The van der Waals surface area contributed by atoms with Crippen molar-refractivity contribution in [3.8, 4) is 0 Å². The largest absolute Gasteiger partial charge is 0.323 e. The fraction of sp³-hybridized carbons (Fsp3) is 0.250. The normalized spacial score (nSPS) is 10.6. The lowest BCUT2D eigenvalue weighted by atomic mass is 10.1. The molecule has 0 atom stereocenters. The smallest absolute Gasteiger partial charge is 0.308 e. The number of thiazole rings is 1. The number of nitrogens with one attached hydrogen (secondary N) is 3. The van der Waals surface area contributed by atoms with Crippen LogP contribution in [-0.4, -0.2) is 16.9 Å². The van der Waals surface area contributed by atoms with E-state index in [-0.39, 0.29) is 11.9 Å². The molecule has 0 aliphatic carbocycles. The molecule has 0 saturated heterocycles. The van der Waals surface area contributed by atoms with Gasteiger partial charge >= 0.3 is 6.03 Å². The van der Waals surface area contributed by atoms with Gasteiger partial charge in [-0.05, 0) is 42.7 Å². The first-order valence-corrected chi connectivity index (χ1v) is 9.68. The molecule has 27 heavy (non-hydrogen) atoms. The third kappa shape index (κ3) is 4.43. The molecule has 0 unspecified atom stereocenters. The van der Waals surface area contributed by atoms with Gasteiger partial charge in [-0.2, -0.15) is 0 Å². The number of amides is 3. The molecule has 140 valence electrons. The second-order valence-corrected chi connectivity index (χ2v) is 7.18. The molecule has 3 N–H and O–H groups in total. The molecule has 0 saturated carbocycles. The van der Waals surface area contributed by atoms with Crippen LogP contribution in [0.4, 0.5) is 21.3 Å². The van der Waals surface area contributed by atoms with E-state index in [1.807, 2.05) is 43.3 Å². The number of nitrogens with zero attached hydrogens (tertiary/aromatic N) is 1. The van der Waals surface area contributed by atoms with Gasteiger partial charge in [-0.1, -0.05) is 43.4 Å². The molecule has 0 spiro atoms. The summed E-state index contributed by atoms with van der Waals surface area (Å²) in [7, 11) is 0. The van der Waals surface area contributed by atoms with E-state index in [1.165, 1.54) is 11.3 Å². The van der Waals surface area contributed by atoms with Gasteiger partial charge in [-0.25, -0.2) is 9.78 Å². The van der Waals surface area contributed by atoms with Gasteiger partial charge in [-0.3, -0.25) is 4.79 Å². The summed E-state index contributed by atoms with van der Waals surface area (Å²) in [6.07, 6.45) is 1.25. The van der Waals surface area contributed by atoms with Crippen LogP contribution in [-0.2, 0) is 11.2 Å². The van der Waals surface area contributed by atoms with Gasteiger partial charge in [0.2, 0.25) is 5.91 Å². The van der Waals surface area contributed by atoms with Crippen LogP contribution in [0.15, 0.2) is 36.4 Å². The molecule has 0 aliphatic rings. The molecule has 0 fully saturated rings. The maximum atomic E-state index is 12.4. The average Bonchev–Trinajstić information content (AvgIpc) is 3.04. The van der Waals surface area contributed by atoms with E-state index in [0.29, 0.717) is 17.2 Å². The third-order valence-electron chi connectivity index (χ3n) is 4.16. The van der Waals surface area contributed by atoms with Crippen LogP contribution < -0.4 is 16.0 Å². The Morgan fingerprint density at radius 2 is 1.85 bits per heavy atom. The first-order valence-electron chi connectivity index (χ1n) is 8.87. The quantitative estimate of drug-likeness (QED) is 0.570. The number of urea groups is 1. The number of aryl methyl sites for hydroxylation is 2. The lowest BCUT2D eigenvalue weighted by Crippen LogP contribution is -2.20. The van der Waals surface area contributed by atoms with Crippen LogP contribution in [0, 0.1) is 6.92 Å². The first-order chi connectivity index (χ1) is 13.0. The van der Waals surface area contributed by atoms with Crippen molar-refractivity contribution in [2.45, 2.75) is 33.6 Å². The zero-order valence-corrected chi connectivity index (χ0v) is 16.4. The zero-order chi connectivity index (χ0) is 19.4. The van der Waals surface area contributed by atoms with E-state index in [1.54, 1.807) is 6.92 Å². The second-order valence-electron chi connectivity index (χ2n) is 6.15. The van der Waals surface area contributed by atoms with Crippen molar-refractivity contribution in [2.75, 3.05) is 16.0 Å². The van der Waals surface area contributed by atoms with E-state index >= 15 is 0 Å². The summed E-state index contributed by atoms with van der Waals surface area (Å²) < 4.78 is 0.908. The Morgan fingerprint density at radius 1 is 1.07 bits per heavy atom. The topological polar surface area (TPSA) is 83.1 Å². The van der Waals surface area contributed by atoms with Crippen molar-refractivity contribution >= 4 is 50.0 Å². The lowest BCUT2D eigenvalue weighted by molar-refractivity contribution is -0.115. The van der Waals surface area contributed by atoms with Crippen molar-refractivity contribution in [1.82, 2.24) is 4.98 Å². The van der Waals surface area contributed by atoms with Gasteiger partial charge in [0.05, 0.1) is 10.2 Å². The van der Waals surface area contributed by atoms with Gasteiger partial charge < -0.3 is 16.0 Å². The monoisotopic (exact) mass is 382 g/mol. The van der Waals surface area contributed by atoms with Gasteiger partial charge in [0.25, 0.3) is 0 Å². The second kappa shape index (κ2) is 8.18. The molecule has 3 amide bonds. The number of carbonyl (C=O) groups excluding carboxylic acids is 2. The molecule has 0 bridgehead atoms. The van der Waals surface area contributed by atoms with Crippen LogP contribution in [0.3, 0.4) is 0 Å². The van der Waals surface area contributed by atoms with Crippen LogP contribution in [0.5, 0.6) is 0 Å². The van der Waals surface area contributed by atoms with Crippen molar-refractivity contribution in [3.05, 3.63) is 47.5 Å². The fourth-order valence-corrected chi connectivity index (χ4v) is 3.76. The summed E-state index contributed by atoms with van der Waals surface area (Å²) in [6.45, 7) is 5.78. The molecule has 0 radical (unpaired) electrons. The van der Waals surface area contributed by atoms with Gasteiger partial charge in [0, 0.05) is 17.8 Å². The standard InChI is InChI=1S/C20H22N4O2S/c1-4-13-8-6-7-9-15(13)22-19(26)21-14-10-12(3)18-16(11-14)27-20(24-18)23-17(25)5-2/h6-11H,4-5H2,1-3H3,(H2,21,22,26)(H,23,24,25). The minimum absolute atomic E-state index is 0.0703. The number of carbonyl (C=O) groups is 2. The van der Waals surface area contributed by atoms with E-state index in [9.17, 15) is 9.59 Å². The van der Waals surface area contributed by atoms with Crippen molar-refractivity contribution in [2.24, 2.45) is 0 Å². The Hall–Kier alpha value is -2.93. The predicted molar refractivity (Wildman–Crippen MR) is 112 cm³/mol. The van der Waals surface area contributed by atoms with Crippen molar-refractivity contribution in [1.29, 1.82) is 0 Å². The Bertz CT molecular complexity index is 997. The number of hydrogen-bond donors (Lipinski definition) is 3. The maximum Gasteiger partial charge on any atom is 0.323 e. The van der Waals surface area contributed by atoms with E-state index < -0.39 is 0 Å².